The lowest BCUT2D eigenvalue weighted by Crippen LogP contribution is -2.53. The summed E-state index contributed by atoms with van der Waals surface area (Å²) < 4.78 is 0. The van der Waals surface area contributed by atoms with Crippen LogP contribution in [0.5, 0.6) is 0 Å². The van der Waals surface area contributed by atoms with E-state index >= 15 is 0 Å². The Morgan fingerprint density at radius 2 is 2.07 bits per heavy atom. The van der Waals surface area contributed by atoms with E-state index in [0.29, 0.717) is 0 Å². The fraction of sp³-hybridized carbons (Fsp3) is 1.00. The molecule has 0 amide bonds. The van der Waals surface area contributed by atoms with Crippen LogP contribution in [-0.2, 0) is 0 Å². The first-order chi connectivity index (χ1) is 6.44. The van der Waals surface area contributed by atoms with Crippen LogP contribution in [0.3, 0.4) is 0 Å². The summed E-state index contributed by atoms with van der Waals surface area (Å²) in [7, 11) is 0. The van der Waals surface area contributed by atoms with Crippen LogP contribution in [0.1, 0.15) is 27.2 Å². The quantitative estimate of drug-likeness (QED) is 0.704. The van der Waals surface area contributed by atoms with Crippen LogP contribution >= 0.6 is 0 Å². The summed E-state index contributed by atoms with van der Waals surface area (Å²) in [5.41, 5.74) is 5.49. The number of aliphatic hydroxyl groups is 1. The first-order valence-electron chi connectivity index (χ1n) is 5.57. The smallest absolute Gasteiger partial charge is 0.0621 e. The summed E-state index contributed by atoms with van der Waals surface area (Å²) in [6.07, 6.45) is 1.25. The van der Waals surface area contributed by atoms with Crippen molar-refractivity contribution in [2.45, 2.75) is 32.7 Å². The summed E-state index contributed by atoms with van der Waals surface area (Å²) in [6, 6.07) is 0. The molecular formula is C11H24N2O. The minimum Gasteiger partial charge on any atom is -0.394 e. The van der Waals surface area contributed by atoms with Gasteiger partial charge in [0, 0.05) is 18.6 Å². The molecule has 14 heavy (non-hydrogen) atoms. The van der Waals surface area contributed by atoms with Crippen LogP contribution in [0.2, 0.25) is 0 Å². The van der Waals surface area contributed by atoms with Gasteiger partial charge in [0.15, 0.2) is 0 Å². The summed E-state index contributed by atoms with van der Waals surface area (Å²) >= 11 is 0. The number of rotatable bonds is 3. The highest BCUT2D eigenvalue weighted by molar-refractivity contribution is 4.85. The average Bonchev–Trinajstić information content (AvgIpc) is 2.11. The molecule has 1 heterocycles. The fourth-order valence-corrected chi connectivity index (χ4v) is 2.05. The maximum atomic E-state index is 9.09. The summed E-state index contributed by atoms with van der Waals surface area (Å²) in [5, 5.41) is 9.09. The van der Waals surface area contributed by atoms with Gasteiger partial charge >= 0.3 is 0 Å². The van der Waals surface area contributed by atoms with Crippen molar-refractivity contribution in [1.29, 1.82) is 0 Å². The van der Waals surface area contributed by atoms with Crippen LogP contribution in [0.4, 0.5) is 0 Å². The molecule has 3 heteroatoms. The zero-order valence-electron chi connectivity index (χ0n) is 9.66. The molecule has 1 aliphatic rings. The molecule has 3 atom stereocenters. The third kappa shape index (κ3) is 3.23. The van der Waals surface area contributed by atoms with E-state index in [4.69, 9.17) is 10.8 Å². The topological polar surface area (TPSA) is 49.5 Å². The molecule has 1 rings (SSSR count). The molecule has 1 aliphatic heterocycles. The van der Waals surface area contributed by atoms with Gasteiger partial charge in [-0.2, -0.15) is 0 Å². The standard InChI is InChI=1S/C11H24N2O/c1-9-4-5-13(6-10(9)2)7-11(3,12)8-14/h9-10,14H,4-8,12H2,1-3H3. The van der Waals surface area contributed by atoms with E-state index in [2.05, 4.69) is 18.7 Å². The molecule has 0 aliphatic carbocycles. The molecular weight excluding hydrogens is 176 g/mol. The highest BCUT2D eigenvalue weighted by Gasteiger charge is 2.27. The van der Waals surface area contributed by atoms with Gasteiger partial charge in [-0.15, -0.1) is 0 Å². The van der Waals surface area contributed by atoms with E-state index in [1.54, 1.807) is 0 Å². The highest BCUT2D eigenvalue weighted by Crippen LogP contribution is 2.23. The Kier molecular flexibility index (Phi) is 3.93. The number of hydrogen-bond donors (Lipinski definition) is 2. The number of hydrogen-bond acceptors (Lipinski definition) is 3. The lowest BCUT2D eigenvalue weighted by atomic mass is 9.88. The van der Waals surface area contributed by atoms with Crippen molar-refractivity contribution >= 4 is 0 Å². The number of nitrogens with two attached hydrogens (primary N) is 1. The number of piperidine rings is 1. The van der Waals surface area contributed by atoms with Crippen molar-refractivity contribution in [2.24, 2.45) is 17.6 Å². The maximum Gasteiger partial charge on any atom is 0.0621 e. The molecule has 1 fully saturated rings. The van der Waals surface area contributed by atoms with Crippen LogP contribution in [-0.4, -0.2) is 41.8 Å². The largest absolute Gasteiger partial charge is 0.394 e. The Balaban J connectivity index is 2.40. The van der Waals surface area contributed by atoms with Crippen molar-refractivity contribution in [3.63, 3.8) is 0 Å². The third-order valence-corrected chi connectivity index (χ3v) is 3.36. The van der Waals surface area contributed by atoms with Gasteiger partial charge in [0.25, 0.3) is 0 Å². The van der Waals surface area contributed by atoms with Gasteiger partial charge in [0.05, 0.1) is 6.61 Å². The monoisotopic (exact) mass is 200 g/mol. The first kappa shape index (κ1) is 12.0. The van der Waals surface area contributed by atoms with Crippen LogP contribution < -0.4 is 5.73 Å². The summed E-state index contributed by atoms with van der Waals surface area (Å²) in [4.78, 5) is 2.38. The average molecular weight is 200 g/mol. The SMILES string of the molecule is CC1CCN(CC(C)(N)CO)CC1C. The van der Waals surface area contributed by atoms with Crippen LogP contribution in [0, 0.1) is 11.8 Å². The van der Waals surface area contributed by atoms with Gasteiger partial charge in [-0.3, -0.25) is 0 Å². The van der Waals surface area contributed by atoms with Gasteiger partial charge < -0.3 is 15.7 Å². The summed E-state index contributed by atoms with van der Waals surface area (Å²) in [6.45, 7) is 9.63. The van der Waals surface area contributed by atoms with Crippen LogP contribution in [0.25, 0.3) is 0 Å². The maximum absolute atomic E-state index is 9.09. The Morgan fingerprint density at radius 1 is 1.43 bits per heavy atom. The molecule has 0 aromatic carbocycles. The van der Waals surface area contributed by atoms with Crippen molar-refractivity contribution in [3.8, 4) is 0 Å². The second-order valence-electron chi connectivity index (χ2n) is 5.29. The van der Waals surface area contributed by atoms with Crippen molar-refractivity contribution in [1.82, 2.24) is 4.90 Å². The van der Waals surface area contributed by atoms with Crippen LogP contribution in [0.15, 0.2) is 0 Å². The Hall–Kier alpha value is -0.120. The van der Waals surface area contributed by atoms with E-state index in [-0.39, 0.29) is 6.61 Å². The Morgan fingerprint density at radius 3 is 2.57 bits per heavy atom. The molecule has 84 valence electrons. The number of aliphatic hydroxyl groups excluding tert-OH is 1. The lowest BCUT2D eigenvalue weighted by Gasteiger charge is -2.39. The number of nitrogens with zero attached hydrogens (tertiary/aromatic N) is 1. The first-order valence-corrected chi connectivity index (χ1v) is 5.57. The Labute approximate surface area is 87.3 Å². The van der Waals surface area contributed by atoms with E-state index in [1.807, 2.05) is 6.92 Å². The molecule has 0 spiro atoms. The molecule has 0 aromatic heterocycles. The predicted octanol–water partition coefficient (Wildman–Crippen LogP) is 0.674. The van der Waals surface area contributed by atoms with Crippen molar-refractivity contribution in [2.75, 3.05) is 26.2 Å². The molecule has 3 N–H and O–H groups in total. The summed E-state index contributed by atoms with van der Waals surface area (Å²) in [5.74, 6) is 1.57. The molecule has 3 unspecified atom stereocenters. The van der Waals surface area contributed by atoms with Gasteiger partial charge in [-0.05, 0) is 31.7 Å². The van der Waals surface area contributed by atoms with Crippen molar-refractivity contribution < 1.29 is 5.11 Å². The molecule has 0 radical (unpaired) electrons. The van der Waals surface area contributed by atoms with Gasteiger partial charge in [-0.25, -0.2) is 0 Å². The highest BCUT2D eigenvalue weighted by atomic mass is 16.3. The van der Waals surface area contributed by atoms with E-state index in [0.717, 1.165) is 31.5 Å². The third-order valence-electron chi connectivity index (χ3n) is 3.36. The van der Waals surface area contributed by atoms with Gasteiger partial charge in [-0.1, -0.05) is 13.8 Å². The number of likely N-dealkylation sites (tertiary alicyclic amines) is 1. The minimum absolute atomic E-state index is 0.0629. The Bertz CT molecular complexity index is 182. The molecule has 0 bridgehead atoms. The zero-order chi connectivity index (χ0) is 10.8. The van der Waals surface area contributed by atoms with Crippen molar-refractivity contribution in [3.05, 3.63) is 0 Å². The molecule has 0 saturated carbocycles. The zero-order valence-corrected chi connectivity index (χ0v) is 9.66. The normalized spacial score (nSPS) is 34.1. The lowest BCUT2D eigenvalue weighted by molar-refractivity contribution is 0.0928. The van der Waals surface area contributed by atoms with Gasteiger partial charge in [0.2, 0.25) is 0 Å². The minimum atomic E-state index is -0.444. The van der Waals surface area contributed by atoms with E-state index in [1.165, 1.54) is 6.42 Å². The van der Waals surface area contributed by atoms with E-state index < -0.39 is 5.54 Å². The fourth-order valence-electron chi connectivity index (χ4n) is 2.05. The second-order valence-corrected chi connectivity index (χ2v) is 5.29. The molecule has 3 nitrogen and oxygen atoms in total. The second kappa shape index (κ2) is 4.60. The molecule has 0 aromatic rings. The predicted molar refractivity (Wildman–Crippen MR) is 59.1 cm³/mol. The molecule has 1 saturated heterocycles. The van der Waals surface area contributed by atoms with Gasteiger partial charge in [0.1, 0.15) is 0 Å². The van der Waals surface area contributed by atoms with E-state index in [9.17, 15) is 0 Å².